The van der Waals surface area contributed by atoms with Crippen LogP contribution in [0.1, 0.15) is 26.3 Å². The number of carbonyl (C=O) groups excluding carboxylic acids is 1. The van der Waals surface area contributed by atoms with Gasteiger partial charge in [-0.1, -0.05) is 26.8 Å². The van der Waals surface area contributed by atoms with E-state index in [4.69, 9.17) is 10.00 Å². The molecule has 4 heteroatoms. The molecule has 1 aromatic rings. The van der Waals surface area contributed by atoms with Crippen molar-refractivity contribution in [2.75, 3.05) is 12.4 Å². The van der Waals surface area contributed by atoms with Gasteiger partial charge in [0.1, 0.15) is 6.04 Å². The van der Waals surface area contributed by atoms with Gasteiger partial charge in [-0.2, -0.15) is 5.26 Å². The number of carbonyl (C=O) groups is 1. The number of methoxy groups -OCH3 is 1. The van der Waals surface area contributed by atoms with Crippen molar-refractivity contribution in [2.24, 2.45) is 5.41 Å². The molecule has 0 fully saturated rings. The second-order valence-electron chi connectivity index (χ2n) is 5.16. The van der Waals surface area contributed by atoms with Crippen molar-refractivity contribution in [1.82, 2.24) is 0 Å². The summed E-state index contributed by atoms with van der Waals surface area (Å²) >= 11 is 0. The second kappa shape index (κ2) is 5.54. The molecule has 0 unspecified atom stereocenters. The molecule has 0 aromatic heterocycles. The molecule has 0 spiro atoms. The Hall–Kier alpha value is -2.02. The van der Waals surface area contributed by atoms with Crippen molar-refractivity contribution in [3.63, 3.8) is 0 Å². The summed E-state index contributed by atoms with van der Waals surface area (Å²) in [5.41, 5.74) is 1.01. The molecule has 1 aromatic carbocycles. The number of benzene rings is 1. The van der Waals surface area contributed by atoms with E-state index in [1.807, 2.05) is 26.8 Å². The Morgan fingerprint density at radius 3 is 2.61 bits per heavy atom. The van der Waals surface area contributed by atoms with Crippen LogP contribution < -0.4 is 5.32 Å². The first kappa shape index (κ1) is 14.0. The van der Waals surface area contributed by atoms with Gasteiger partial charge in [0, 0.05) is 5.69 Å². The van der Waals surface area contributed by atoms with E-state index >= 15 is 0 Å². The molecule has 0 radical (unpaired) electrons. The number of ether oxygens (including phenoxy) is 1. The van der Waals surface area contributed by atoms with Crippen molar-refractivity contribution < 1.29 is 9.53 Å². The minimum atomic E-state index is -0.462. The number of anilines is 1. The van der Waals surface area contributed by atoms with E-state index in [0.29, 0.717) is 5.56 Å². The normalized spacial score (nSPS) is 12.4. The first-order valence-corrected chi connectivity index (χ1v) is 5.73. The maximum absolute atomic E-state index is 11.8. The van der Waals surface area contributed by atoms with E-state index in [1.165, 1.54) is 7.11 Å². The third kappa shape index (κ3) is 3.49. The summed E-state index contributed by atoms with van der Waals surface area (Å²) in [4.78, 5) is 11.8. The molecular weight excluding hydrogens is 228 g/mol. The highest BCUT2D eigenvalue weighted by Gasteiger charge is 2.32. The molecule has 0 amide bonds. The number of esters is 1. The van der Waals surface area contributed by atoms with Crippen LogP contribution in [-0.4, -0.2) is 19.1 Å². The quantitative estimate of drug-likeness (QED) is 0.832. The third-order valence-electron chi connectivity index (χ3n) is 2.61. The van der Waals surface area contributed by atoms with Crippen molar-refractivity contribution in [1.29, 1.82) is 5.26 Å². The van der Waals surface area contributed by atoms with Crippen LogP contribution in [-0.2, 0) is 9.53 Å². The topological polar surface area (TPSA) is 62.1 Å². The number of nitrogens with one attached hydrogen (secondary N) is 1. The average Bonchev–Trinajstić information content (AvgIpc) is 2.34. The van der Waals surface area contributed by atoms with Gasteiger partial charge in [-0.3, -0.25) is 0 Å². The fourth-order valence-corrected chi connectivity index (χ4v) is 1.59. The predicted molar refractivity (Wildman–Crippen MR) is 70.0 cm³/mol. The Balaban J connectivity index is 2.97. The number of hydrogen-bond acceptors (Lipinski definition) is 4. The van der Waals surface area contributed by atoms with E-state index < -0.39 is 6.04 Å². The minimum absolute atomic E-state index is 0.282. The van der Waals surface area contributed by atoms with Crippen LogP contribution >= 0.6 is 0 Å². The van der Waals surface area contributed by atoms with E-state index in [9.17, 15) is 4.79 Å². The molecule has 0 saturated heterocycles. The van der Waals surface area contributed by atoms with E-state index in [1.54, 1.807) is 18.2 Å². The summed E-state index contributed by atoms with van der Waals surface area (Å²) in [5, 5.41) is 12.0. The summed E-state index contributed by atoms with van der Waals surface area (Å²) in [6.45, 7) is 5.86. The lowest BCUT2D eigenvalue weighted by Gasteiger charge is -2.29. The summed E-state index contributed by atoms with van der Waals surface area (Å²) in [6, 6.07) is 8.63. The molecule has 0 heterocycles. The van der Waals surface area contributed by atoms with Crippen molar-refractivity contribution in [2.45, 2.75) is 26.8 Å². The Labute approximate surface area is 108 Å². The maximum atomic E-state index is 11.8. The predicted octanol–water partition coefficient (Wildman–Crippen LogP) is 2.56. The zero-order chi connectivity index (χ0) is 13.8. The van der Waals surface area contributed by atoms with Gasteiger partial charge < -0.3 is 10.1 Å². The lowest BCUT2D eigenvalue weighted by atomic mass is 9.86. The highest BCUT2D eigenvalue weighted by Crippen LogP contribution is 2.24. The van der Waals surface area contributed by atoms with Crippen LogP contribution in [0.3, 0.4) is 0 Å². The third-order valence-corrected chi connectivity index (χ3v) is 2.61. The van der Waals surface area contributed by atoms with Crippen LogP contribution in [0.15, 0.2) is 24.3 Å². The standard InChI is InChI=1S/C14H18N2O2/c1-14(2,3)12(13(17)18-4)16-11-7-5-6-10(8-11)9-15/h5-8,12,16H,1-4H3/t12-/m1/s1. The fourth-order valence-electron chi connectivity index (χ4n) is 1.59. The molecule has 1 N–H and O–H groups in total. The van der Waals surface area contributed by atoms with E-state index in [-0.39, 0.29) is 11.4 Å². The average molecular weight is 246 g/mol. The van der Waals surface area contributed by atoms with E-state index in [0.717, 1.165) is 5.69 Å². The molecule has 0 aliphatic carbocycles. The summed E-state index contributed by atoms with van der Waals surface area (Å²) in [5.74, 6) is -0.315. The SMILES string of the molecule is COC(=O)[C@@H](Nc1cccc(C#N)c1)C(C)(C)C. The first-order chi connectivity index (χ1) is 8.38. The van der Waals surface area contributed by atoms with Gasteiger partial charge in [-0.05, 0) is 23.6 Å². The van der Waals surface area contributed by atoms with Crippen LogP contribution in [0.25, 0.3) is 0 Å². The molecular formula is C14H18N2O2. The zero-order valence-electron chi connectivity index (χ0n) is 11.2. The monoisotopic (exact) mass is 246 g/mol. The van der Waals surface area contributed by atoms with Gasteiger partial charge in [-0.25, -0.2) is 4.79 Å². The largest absolute Gasteiger partial charge is 0.467 e. The van der Waals surface area contributed by atoms with Crippen molar-refractivity contribution in [3.8, 4) is 6.07 Å². The highest BCUT2D eigenvalue weighted by molar-refractivity contribution is 5.80. The van der Waals surface area contributed by atoms with Crippen molar-refractivity contribution >= 4 is 11.7 Å². The first-order valence-electron chi connectivity index (χ1n) is 5.73. The van der Waals surface area contributed by atoms with Crippen LogP contribution in [0.4, 0.5) is 5.69 Å². The molecule has 1 rings (SSSR count). The summed E-state index contributed by atoms with van der Waals surface area (Å²) in [7, 11) is 1.37. The minimum Gasteiger partial charge on any atom is -0.467 e. The lowest BCUT2D eigenvalue weighted by Crippen LogP contribution is -2.41. The molecule has 18 heavy (non-hydrogen) atoms. The molecule has 0 aliphatic rings. The van der Waals surface area contributed by atoms with Crippen molar-refractivity contribution in [3.05, 3.63) is 29.8 Å². The molecule has 4 nitrogen and oxygen atoms in total. The molecule has 0 aliphatic heterocycles. The smallest absolute Gasteiger partial charge is 0.328 e. The molecule has 1 atom stereocenters. The van der Waals surface area contributed by atoms with Gasteiger partial charge in [-0.15, -0.1) is 0 Å². The number of hydrogen-bond donors (Lipinski definition) is 1. The number of rotatable bonds is 3. The Kier molecular flexibility index (Phi) is 4.33. The van der Waals surface area contributed by atoms with Crippen LogP contribution in [0, 0.1) is 16.7 Å². The highest BCUT2D eigenvalue weighted by atomic mass is 16.5. The van der Waals surface area contributed by atoms with Crippen LogP contribution in [0.2, 0.25) is 0 Å². The van der Waals surface area contributed by atoms with Gasteiger partial charge in [0.2, 0.25) is 0 Å². The maximum Gasteiger partial charge on any atom is 0.328 e. The van der Waals surface area contributed by atoms with Gasteiger partial charge in [0.05, 0.1) is 18.7 Å². The van der Waals surface area contributed by atoms with E-state index in [2.05, 4.69) is 11.4 Å². The molecule has 0 saturated carbocycles. The lowest BCUT2D eigenvalue weighted by molar-refractivity contribution is -0.143. The van der Waals surface area contributed by atoms with Gasteiger partial charge in [0.25, 0.3) is 0 Å². The number of nitriles is 1. The number of nitrogens with zero attached hydrogens (tertiary/aromatic N) is 1. The Morgan fingerprint density at radius 2 is 2.11 bits per heavy atom. The molecule has 96 valence electrons. The Bertz CT molecular complexity index is 469. The zero-order valence-corrected chi connectivity index (χ0v) is 11.2. The summed E-state index contributed by atoms with van der Waals surface area (Å²) < 4.78 is 4.80. The Morgan fingerprint density at radius 1 is 1.44 bits per heavy atom. The second-order valence-corrected chi connectivity index (χ2v) is 5.16. The summed E-state index contributed by atoms with van der Waals surface area (Å²) in [6.07, 6.45) is 0. The fraction of sp³-hybridized carbons (Fsp3) is 0.429. The van der Waals surface area contributed by atoms with Gasteiger partial charge in [0.15, 0.2) is 0 Å². The van der Waals surface area contributed by atoms with Gasteiger partial charge >= 0.3 is 5.97 Å². The molecule has 0 bridgehead atoms. The van der Waals surface area contributed by atoms with Crippen LogP contribution in [0.5, 0.6) is 0 Å².